The monoisotopic (exact) mass is 274 g/mol. The van der Waals surface area contributed by atoms with Gasteiger partial charge in [-0.25, -0.2) is 9.97 Å². The van der Waals surface area contributed by atoms with Crippen LogP contribution in [0.4, 0.5) is 0 Å². The molecule has 3 aromatic rings. The molecule has 0 saturated heterocycles. The van der Waals surface area contributed by atoms with Gasteiger partial charge in [-0.2, -0.15) is 0 Å². The van der Waals surface area contributed by atoms with E-state index < -0.39 is 0 Å². The molecule has 21 heavy (non-hydrogen) atoms. The maximum Gasteiger partial charge on any atom is 0.126 e. The van der Waals surface area contributed by atoms with Crippen LogP contribution < -0.4 is 0 Å². The molecule has 0 fully saturated rings. The lowest BCUT2D eigenvalue weighted by Gasteiger charge is -2.10. The van der Waals surface area contributed by atoms with Crippen molar-refractivity contribution in [3.05, 3.63) is 71.5 Å². The molecule has 2 aromatic carbocycles. The fourth-order valence-corrected chi connectivity index (χ4v) is 2.56. The molecule has 0 bridgehead atoms. The van der Waals surface area contributed by atoms with Crippen molar-refractivity contribution in [1.29, 1.82) is 0 Å². The average molecular weight is 274 g/mol. The number of aryl methyl sites for hydroxylation is 3. The first-order chi connectivity index (χ1) is 10.1. The van der Waals surface area contributed by atoms with E-state index in [4.69, 9.17) is 0 Å². The summed E-state index contributed by atoms with van der Waals surface area (Å²) in [4.78, 5) is 9.22. The third-order valence-electron chi connectivity index (χ3n) is 3.68. The molecule has 0 aliphatic carbocycles. The quantitative estimate of drug-likeness (QED) is 0.674. The molecule has 0 spiro atoms. The van der Waals surface area contributed by atoms with Crippen molar-refractivity contribution in [3.63, 3.8) is 0 Å². The Morgan fingerprint density at radius 3 is 1.48 bits per heavy atom. The van der Waals surface area contributed by atoms with Gasteiger partial charge in [0.25, 0.3) is 0 Å². The van der Waals surface area contributed by atoms with Crippen LogP contribution in [0.15, 0.2) is 54.6 Å². The highest BCUT2D eigenvalue weighted by atomic mass is 14.9. The number of nitrogens with zero attached hydrogens (tertiary/aromatic N) is 2. The highest BCUT2D eigenvalue weighted by molar-refractivity contribution is 5.71. The van der Waals surface area contributed by atoms with Gasteiger partial charge < -0.3 is 0 Å². The lowest BCUT2D eigenvalue weighted by molar-refractivity contribution is 1.06. The summed E-state index contributed by atoms with van der Waals surface area (Å²) in [6.45, 7) is 6.17. The van der Waals surface area contributed by atoms with E-state index in [1.54, 1.807) is 0 Å². The van der Waals surface area contributed by atoms with E-state index >= 15 is 0 Å². The van der Waals surface area contributed by atoms with Gasteiger partial charge in [-0.3, -0.25) is 0 Å². The van der Waals surface area contributed by atoms with E-state index in [2.05, 4.69) is 66.3 Å². The van der Waals surface area contributed by atoms with Crippen molar-refractivity contribution in [2.24, 2.45) is 0 Å². The van der Waals surface area contributed by atoms with Gasteiger partial charge >= 0.3 is 0 Å². The molecule has 0 atom stereocenters. The Morgan fingerprint density at radius 2 is 1.05 bits per heavy atom. The summed E-state index contributed by atoms with van der Waals surface area (Å²) in [5, 5.41) is 0. The van der Waals surface area contributed by atoms with Crippen LogP contribution in [0.3, 0.4) is 0 Å². The molecule has 1 heterocycles. The van der Waals surface area contributed by atoms with Crippen LogP contribution in [0.5, 0.6) is 0 Å². The number of benzene rings is 2. The van der Waals surface area contributed by atoms with E-state index in [-0.39, 0.29) is 0 Å². The maximum absolute atomic E-state index is 4.61. The third kappa shape index (κ3) is 2.70. The van der Waals surface area contributed by atoms with Gasteiger partial charge in [-0.05, 0) is 38.0 Å². The Bertz CT molecular complexity index is 727. The minimum absolute atomic E-state index is 0.800. The van der Waals surface area contributed by atoms with E-state index in [9.17, 15) is 0 Å². The fraction of sp³-hybridized carbons (Fsp3) is 0.158. The van der Waals surface area contributed by atoms with Crippen molar-refractivity contribution < 1.29 is 0 Å². The molecule has 0 unspecified atom stereocenters. The van der Waals surface area contributed by atoms with E-state index in [0.717, 1.165) is 28.3 Å². The Hall–Kier alpha value is -2.48. The van der Waals surface area contributed by atoms with Gasteiger partial charge in [0, 0.05) is 11.1 Å². The van der Waals surface area contributed by atoms with Crippen molar-refractivity contribution >= 4 is 0 Å². The third-order valence-corrected chi connectivity index (χ3v) is 3.68. The normalized spacial score (nSPS) is 10.6. The van der Waals surface area contributed by atoms with Crippen molar-refractivity contribution in [2.75, 3.05) is 0 Å². The minimum Gasteiger partial charge on any atom is -0.233 e. The Morgan fingerprint density at radius 1 is 0.619 bits per heavy atom. The SMILES string of the molecule is Cc1nc(-c2ccccc2C)cc(-c2ccccc2C)n1. The largest absolute Gasteiger partial charge is 0.233 e. The maximum atomic E-state index is 4.61. The van der Waals surface area contributed by atoms with E-state index in [1.165, 1.54) is 11.1 Å². The lowest BCUT2D eigenvalue weighted by atomic mass is 10.0. The van der Waals surface area contributed by atoms with Crippen LogP contribution in [0.25, 0.3) is 22.5 Å². The summed E-state index contributed by atoms with van der Waals surface area (Å²) >= 11 is 0. The molecular formula is C19H18N2. The van der Waals surface area contributed by atoms with Gasteiger partial charge in [-0.1, -0.05) is 48.5 Å². The summed E-state index contributed by atoms with van der Waals surface area (Å²) in [5.41, 5.74) is 6.76. The van der Waals surface area contributed by atoms with Gasteiger partial charge in [-0.15, -0.1) is 0 Å². The van der Waals surface area contributed by atoms with Crippen LogP contribution in [0.1, 0.15) is 17.0 Å². The number of hydrogen-bond acceptors (Lipinski definition) is 2. The van der Waals surface area contributed by atoms with Crippen LogP contribution >= 0.6 is 0 Å². The van der Waals surface area contributed by atoms with Crippen LogP contribution in [-0.4, -0.2) is 9.97 Å². The minimum atomic E-state index is 0.800. The van der Waals surface area contributed by atoms with Gasteiger partial charge in [0.2, 0.25) is 0 Å². The molecular weight excluding hydrogens is 256 g/mol. The number of aromatic nitrogens is 2. The molecule has 0 aliphatic heterocycles. The first kappa shape index (κ1) is 13.5. The second-order valence-electron chi connectivity index (χ2n) is 5.32. The Labute approximate surface area is 125 Å². The summed E-state index contributed by atoms with van der Waals surface area (Å²) in [6.07, 6.45) is 0. The first-order valence-electron chi connectivity index (χ1n) is 7.13. The van der Waals surface area contributed by atoms with Crippen LogP contribution in [-0.2, 0) is 0 Å². The average Bonchev–Trinajstić information content (AvgIpc) is 2.47. The van der Waals surface area contributed by atoms with E-state index in [1.807, 2.05) is 19.1 Å². The second-order valence-corrected chi connectivity index (χ2v) is 5.32. The molecule has 104 valence electrons. The molecule has 0 N–H and O–H groups in total. The van der Waals surface area contributed by atoms with E-state index in [0.29, 0.717) is 0 Å². The molecule has 0 saturated carbocycles. The lowest BCUT2D eigenvalue weighted by Crippen LogP contribution is -1.96. The molecule has 0 amide bonds. The van der Waals surface area contributed by atoms with Gasteiger partial charge in [0.05, 0.1) is 11.4 Å². The number of hydrogen-bond donors (Lipinski definition) is 0. The molecule has 0 radical (unpaired) electrons. The molecule has 0 aliphatic rings. The van der Waals surface area contributed by atoms with Crippen molar-refractivity contribution in [1.82, 2.24) is 9.97 Å². The predicted molar refractivity (Wildman–Crippen MR) is 87.1 cm³/mol. The fourth-order valence-electron chi connectivity index (χ4n) is 2.56. The number of rotatable bonds is 2. The highest BCUT2D eigenvalue weighted by Crippen LogP contribution is 2.27. The summed E-state index contributed by atoms with van der Waals surface area (Å²) in [7, 11) is 0. The van der Waals surface area contributed by atoms with Gasteiger partial charge in [0.1, 0.15) is 5.82 Å². The Kier molecular flexibility index (Phi) is 3.53. The molecule has 1 aromatic heterocycles. The first-order valence-corrected chi connectivity index (χ1v) is 7.13. The summed E-state index contributed by atoms with van der Waals surface area (Å²) < 4.78 is 0. The molecule has 2 heteroatoms. The summed E-state index contributed by atoms with van der Waals surface area (Å²) in [5.74, 6) is 0.800. The topological polar surface area (TPSA) is 25.8 Å². The Balaban J connectivity index is 2.18. The smallest absolute Gasteiger partial charge is 0.126 e. The second kappa shape index (κ2) is 5.49. The zero-order valence-corrected chi connectivity index (χ0v) is 12.6. The highest BCUT2D eigenvalue weighted by Gasteiger charge is 2.09. The summed E-state index contributed by atoms with van der Waals surface area (Å²) in [6, 6.07) is 18.7. The zero-order chi connectivity index (χ0) is 14.8. The zero-order valence-electron chi connectivity index (χ0n) is 12.6. The standard InChI is InChI=1S/C19H18N2/c1-13-8-4-6-10-16(13)18-12-19(21-15(3)20-18)17-11-7-5-9-14(17)2/h4-12H,1-3H3. The molecule has 2 nitrogen and oxygen atoms in total. The van der Waals surface area contributed by atoms with Crippen molar-refractivity contribution in [3.8, 4) is 22.5 Å². The van der Waals surface area contributed by atoms with Crippen LogP contribution in [0, 0.1) is 20.8 Å². The van der Waals surface area contributed by atoms with Crippen molar-refractivity contribution in [2.45, 2.75) is 20.8 Å². The van der Waals surface area contributed by atoms with Gasteiger partial charge in [0.15, 0.2) is 0 Å². The molecule has 3 rings (SSSR count). The van der Waals surface area contributed by atoms with Crippen LogP contribution in [0.2, 0.25) is 0 Å². The predicted octanol–water partition coefficient (Wildman–Crippen LogP) is 4.74.